The standard InChI is InChI=1S/C19H22ClN3O3/c1-3-26-19(25)14-7-9-23(10-8-14)12-15(11-21)18(24)22-17-6-4-5-16(20)13(17)2/h4-6,12,14H,3,7-10H2,1-2H3,(H,22,24)/b15-12-. The predicted octanol–water partition coefficient (Wildman–Crippen LogP) is 3.27. The van der Waals surface area contributed by atoms with Crippen molar-refractivity contribution in [1.82, 2.24) is 4.90 Å². The molecule has 1 amide bonds. The van der Waals surface area contributed by atoms with Crippen LogP contribution in [0.4, 0.5) is 5.69 Å². The summed E-state index contributed by atoms with van der Waals surface area (Å²) in [7, 11) is 0. The van der Waals surface area contributed by atoms with Gasteiger partial charge < -0.3 is 15.0 Å². The molecule has 7 heteroatoms. The summed E-state index contributed by atoms with van der Waals surface area (Å²) in [6.07, 6.45) is 2.84. The molecule has 1 aromatic rings. The average molecular weight is 376 g/mol. The molecule has 0 radical (unpaired) electrons. The van der Waals surface area contributed by atoms with Crippen molar-refractivity contribution in [3.8, 4) is 6.07 Å². The Balaban J connectivity index is 2.00. The fraction of sp³-hybridized carbons (Fsp3) is 0.421. The van der Waals surface area contributed by atoms with Crippen molar-refractivity contribution in [3.05, 3.63) is 40.6 Å². The number of rotatable bonds is 5. The smallest absolute Gasteiger partial charge is 0.309 e. The van der Waals surface area contributed by atoms with Crippen molar-refractivity contribution < 1.29 is 14.3 Å². The second kappa shape index (κ2) is 9.25. The van der Waals surface area contributed by atoms with Gasteiger partial charge in [-0.1, -0.05) is 17.7 Å². The Bertz CT molecular complexity index is 747. The van der Waals surface area contributed by atoms with E-state index < -0.39 is 5.91 Å². The van der Waals surface area contributed by atoms with Gasteiger partial charge in [-0.2, -0.15) is 5.26 Å². The first kappa shape index (κ1) is 19.8. The zero-order valence-corrected chi connectivity index (χ0v) is 15.7. The van der Waals surface area contributed by atoms with Gasteiger partial charge >= 0.3 is 5.97 Å². The van der Waals surface area contributed by atoms with Crippen LogP contribution in [0.15, 0.2) is 30.0 Å². The molecule has 1 heterocycles. The van der Waals surface area contributed by atoms with Crippen LogP contribution in [0.1, 0.15) is 25.3 Å². The molecule has 6 nitrogen and oxygen atoms in total. The number of piperidine rings is 1. The van der Waals surface area contributed by atoms with E-state index >= 15 is 0 Å². The fourth-order valence-electron chi connectivity index (χ4n) is 2.78. The first-order valence-corrected chi connectivity index (χ1v) is 8.93. The summed E-state index contributed by atoms with van der Waals surface area (Å²) in [6.45, 7) is 5.15. The topological polar surface area (TPSA) is 82.4 Å². The number of likely N-dealkylation sites (tertiary alicyclic amines) is 1. The van der Waals surface area contributed by atoms with Gasteiger partial charge in [0.1, 0.15) is 11.6 Å². The molecule has 1 fully saturated rings. The van der Waals surface area contributed by atoms with E-state index in [-0.39, 0.29) is 17.5 Å². The van der Waals surface area contributed by atoms with Crippen molar-refractivity contribution in [3.63, 3.8) is 0 Å². The highest BCUT2D eigenvalue weighted by molar-refractivity contribution is 6.31. The third kappa shape index (κ3) is 4.99. The molecule has 0 aliphatic carbocycles. The van der Waals surface area contributed by atoms with E-state index in [1.54, 1.807) is 38.2 Å². The maximum absolute atomic E-state index is 12.4. The second-order valence-corrected chi connectivity index (χ2v) is 6.49. The number of carbonyl (C=O) groups excluding carboxylic acids is 2. The summed E-state index contributed by atoms with van der Waals surface area (Å²) in [6, 6.07) is 7.15. The molecule has 0 aromatic heterocycles. The van der Waals surface area contributed by atoms with Crippen LogP contribution in [0.2, 0.25) is 5.02 Å². The van der Waals surface area contributed by atoms with Gasteiger partial charge in [0, 0.05) is 30.0 Å². The van der Waals surface area contributed by atoms with Crippen LogP contribution in [-0.4, -0.2) is 36.5 Å². The quantitative estimate of drug-likeness (QED) is 0.485. The molecule has 0 spiro atoms. The molecular weight excluding hydrogens is 354 g/mol. The van der Waals surface area contributed by atoms with Gasteiger partial charge in [0.25, 0.3) is 5.91 Å². The SMILES string of the molecule is CCOC(=O)C1CCN(/C=C(/C#N)C(=O)Nc2cccc(Cl)c2C)CC1. The number of esters is 1. The first-order chi connectivity index (χ1) is 12.5. The molecular formula is C19H22ClN3O3. The van der Waals surface area contributed by atoms with Gasteiger partial charge in [0.05, 0.1) is 12.5 Å². The van der Waals surface area contributed by atoms with Crippen molar-refractivity contribution in [2.24, 2.45) is 5.92 Å². The minimum absolute atomic E-state index is 0.0129. The number of nitrogens with one attached hydrogen (secondary N) is 1. The molecule has 1 aliphatic heterocycles. The zero-order valence-electron chi connectivity index (χ0n) is 14.9. The number of nitriles is 1. The van der Waals surface area contributed by atoms with Crippen molar-refractivity contribution in [2.75, 3.05) is 25.0 Å². The molecule has 0 unspecified atom stereocenters. The monoisotopic (exact) mass is 375 g/mol. The lowest BCUT2D eigenvalue weighted by molar-refractivity contribution is -0.149. The third-order valence-electron chi connectivity index (χ3n) is 4.34. The Morgan fingerprint density at radius 1 is 1.42 bits per heavy atom. The molecule has 1 N–H and O–H groups in total. The van der Waals surface area contributed by atoms with Crippen molar-refractivity contribution >= 4 is 29.2 Å². The maximum atomic E-state index is 12.4. The van der Waals surface area contributed by atoms with E-state index in [1.165, 1.54) is 0 Å². The van der Waals surface area contributed by atoms with E-state index in [9.17, 15) is 14.9 Å². The van der Waals surface area contributed by atoms with Crippen LogP contribution < -0.4 is 5.32 Å². The van der Waals surface area contributed by atoms with E-state index in [2.05, 4.69) is 5.32 Å². The molecule has 0 saturated carbocycles. The Morgan fingerprint density at radius 3 is 2.73 bits per heavy atom. The van der Waals surface area contributed by atoms with Gasteiger partial charge in [-0.05, 0) is 44.4 Å². The molecule has 1 aliphatic rings. The number of nitrogens with zero attached hydrogens (tertiary/aromatic N) is 2. The van der Waals surface area contributed by atoms with Gasteiger partial charge in [-0.15, -0.1) is 0 Å². The summed E-state index contributed by atoms with van der Waals surface area (Å²) >= 11 is 6.05. The zero-order chi connectivity index (χ0) is 19.1. The van der Waals surface area contributed by atoms with Crippen LogP contribution in [0.5, 0.6) is 0 Å². The van der Waals surface area contributed by atoms with Gasteiger partial charge in [0.15, 0.2) is 0 Å². The van der Waals surface area contributed by atoms with E-state index in [0.29, 0.717) is 43.2 Å². The number of benzene rings is 1. The highest BCUT2D eigenvalue weighted by Gasteiger charge is 2.25. The second-order valence-electron chi connectivity index (χ2n) is 6.08. The van der Waals surface area contributed by atoms with Gasteiger partial charge in [-0.25, -0.2) is 0 Å². The Hall–Kier alpha value is -2.52. The third-order valence-corrected chi connectivity index (χ3v) is 4.75. The molecule has 1 aromatic carbocycles. The summed E-state index contributed by atoms with van der Waals surface area (Å²) in [5, 5.41) is 12.6. The largest absolute Gasteiger partial charge is 0.466 e. The van der Waals surface area contributed by atoms with Crippen LogP contribution in [-0.2, 0) is 14.3 Å². The predicted molar refractivity (Wildman–Crippen MR) is 99.4 cm³/mol. The van der Waals surface area contributed by atoms with E-state index in [1.807, 2.05) is 11.0 Å². The van der Waals surface area contributed by atoms with Crippen molar-refractivity contribution in [1.29, 1.82) is 5.26 Å². The number of hydrogen-bond acceptors (Lipinski definition) is 5. The minimum atomic E-state index is -0.481. The van der Waals surface area contributed by atoms with E-state index in [4.69, 9.17) is 16.3 Å². The van der Waals surface area contributed by atoms with Crippen LogP contribution in [0.25, 0.3) is 0 Å². The number of anilines is 1. The number of carbonyl (C=O) groups is 2. The minimum Gasteiger partial charge on any atom is -0.466 e. The van der Waals surface area contributed by atoms with Gasteiger partial charge in [-0.3, -0.25) is 9.59 Å². The molecule has 138 valence electrons. The fourth-order valence-corrected chi connectivity index (χ4v) is 2.95. The molecule has 2 rings (SSSR count). The number of hydrogen-bond donors (Lipinski definition) is 1. The van der Waals surface area contributed by atoms with Crippen LogP contribution in [0.3, 0.4) is 0 Å². The summed E-state index contributed by atoms with van der Waals surface area (Å²) in [5.41, 5.74) is 1.33. The average Bonchev–Trinajstić information content (AvgIpc) is 2.64. The summed E-state index contributed by atoms with van der Waals surface area (Å²) < 4.78 is 5.04. The summed E-state index contributed by atoms with van der Waals surface area (Å²) in [5.74, 6) is -0.774. The van der Waals surface area contributed by atoms with E-state index in [0.717, 1.165) is 5.56 Å². The van der Waals surface area contributed by atoms with Crippen LogP contribution in [0, 0.1) is 24.2 Å². The molecule has 1 saturated heterocycles. The lowest BCUT2D eigenvalue weighted by Gasteiger charge is -2.30. The maximum Gasteiger partial charge on any atom is 0.309 e. The Morgan fingerprint density at radius 2 is 2.12 bits per heavy atom. The van der Waals surface area contributed by atoms with Crippen LogP contribution >= 0.6 is 11.6 Å². The normalized spacial score (nSPS) is 15.3. The number of ether oxygens (including phenoxy) is 1. The summed E-state index contributed by atoms with van der Waals surface area (Å²) in [4.78, 5) is 26.1. The van der Waals surface area contributed by atoms with Crippen molar-refractivity contribution in [2.45, 2.75) is 26.7 Å². The number of amides is 1. The first-order valence-electron chi connectivity index (χ1n) is 8.55. The molecule has 26 heavy (non-hydrogen) atoms. The molecule has 0 atom stereocenters. The molecule has 0 bridgehead atoms. The van der Waals surface area contributed by atoms with Gasteiger partial charge in [0.2, 0.25) is 0 Å². The lowest BCUT2D eigenvalue weighted by atomic mass is 9.97. The Labute approximate surface area is 158 Å². The number of halogens is 1. The highest BCUT2D eigenvalue weighted by atomic mass is 35.5. The Kier molecular flexibility index (Phi) is 7.05. The lowest BCUT2D eigenvalue weighted by Crippen LogP contribution is -2.34. The highest BCUT2D eigenvalue weighted by Crippen LogP contribution is 2.24.